The van der Waals surface area contributed by atoms with E-state index in [4.69, 9.17) is 15.6 Å². The van der Waals surface area contributed by atoms with Crippen molar-refractivity contribution in [2.45, 2.75) is 25.4 Å². The Labute approximate surface area is 160 Å². The van der Waals surface area contributed by atoms with Gasteiger partial charge in [-0.1, -0.05) is 13.8 Å². The van der Waals surface area contributed by atoms with Crippen molar-refractivity contribution in [3.63, 3.8) is 0 Å². The Morgan fingerprint density at radius 1 is 1.29 bits per heavy atom. The molecule has 0 aliphatic heterocycles. The minimum absolute atomic E-state index is 0.0204. The summed E-state index contributed by atoms with van der Waals surface area (Å²) in [5, 5.41) is 18.9. The summed E-state index contributed by atoms with van der Waals surface area (Å²) in [6.07, 6.45) is -0.987. The molecule has 0 saturated heterocycles. The van der Waals surface area contributed by atoms with Crippen LogP contribution in [0, 0.1) is 5.82 Å². The van der Waals surface area contributed by atoms with Crippen LogP contribution in [0.2, 0.25) is 0 Å². The highest BCUT2D eigenvalue weighted by atomic mass is 19.1. The van der Waals surface area contributed by atoms with Gasteiger partial charge in [-0.25, -0.2) is 4.39 Å². The van der Waals surface area contributed by atoms with Crippen molar-refractivity contribution < 1.29 is 24.1 Å². The Morgan fingerprint density at radius 2 is 2.04 bits per heavy atom. The molecule has 7 heteroatoms. The van der Waals surface area contributed by atoms with E-state index >= 15 is 0 Å². The van der Waals surface area contributed by atoms with Crippen molar-refractivity contribution in [2.75, 3.05) is 18.9 Å². The first-order chi connectivity index (χ1) is 13.3. The molecule has 0 radical (unpaired) electrons. The number of hydrogen-bond donors (Lipinski definition) is 4. The Bertz CT molecular complexity index is 1100. The van der Waals surface area contributed by atoms with Gasteiger partial charge in [0, 0.05) is 22.1 Å². The Morgan fingerprint density at radius 3 is 2.75 bits per heavy atom. The van der Waals surface area contributed by atoms with Gasteiger partial charge >= 0.3 is 0 Å². The largest absolute Gasteiger partial charge is 0.491 e. The molecule has 28 heavy (non-hydrogen) atoms. The molecule has 0 fully saturated rings. The number of aromatic amines is 1. The summed E-state index contributed by atoms with van der Waals surface area (Å²) >= 11 is 0. The third-order valence-electron chi connectivity index (χ3n) is 5.36. The molecule has 146 valence electrons. The first-order valence-electron chi connectivity index (χ1n) is 8.96. The second-order valence-corrected chi connectivity index (χ2v) is 7.58. The van der Waals surface area contributed by atoms with Crippen LogP contribution in [0.4, 0.5) is 10.1 Å². The number of ether oxygens (including phenoxy) is 1. The highest BCUT2D eigenvalue weighted by Gasteiger charge is 2.40. The number of nitrogens with one attached hydrogen (secondary N) is 1. The van der Waals surface area contributed by atoms with E-state index in [2.05, 4.69) is 4.98 Å². The number of carbonyl (C=O) groups is 1. The van der Waals surface area contributed by atoms with Crippen molar-refractivity contribution >= 4 is 22.4 Å². The van der Waals surface area contributed by atoms with Crippen molar-refractivity contribution in [2.24, 2.45) is 0 Å². The van der Waals surface area contributed by atoms with Gasteiger partial charge in [0.2, 0.25) is 0 Å². The number of fused-ring (bicyclic) bond motifs is 4. The Hall–Kier alpha value is -2.90. The van der Waals surface area contributed by atoms with Crippen molar-refractivity contribution in [1.82, 2.24) is 4.98 Å². The number of nitrogens with two attached hydrogens (primary N) is 1. The van der Waals surface area contributed by atoms with Crippen LogP contribution >= 0.6 is 0 Å². The van der Waals surface area contributed by atoms with Gasteiger partial charge in [-0.3, -0.25) is 4.79 Å². The number of ketones is 1. The standard InChI is InChI=1S/C21H21FN2O4/c1-21(2)14-7-11(28-9-10(26)8-25)3-4-12(14)19(27)16-13-5-6-15(23)17(22)18(13)24-20(16)21/h3-7,10,24-26H,8-9,23H2,1-2H3/t10-/m1/s1. The summed E-state index contributed by atoms with van der Waals surface area (Å²) < 4.78 is 20.1. The second-order valence-electron chi connectivity index (χ2n) is 7.58. The fourth-order valence-corrected chi connectivity index (χ4v) is 3.79. The molecule has 3 aromatic rings. The van der Waals surface area contributed by atoms with E-state index in [9.17, 15) is 14.3 Å². The summed E-state index contributed by atoms with van der Waals surface area (Å²) in [6.45, 7) is 3.42. The summed E-state index contributed by atoms with van der Waals surface area (Å²) in [6, 6.07) is 8.20. The summed E-state index contributed by atoms with van der Waals surface area (Å²) in [4.78, 5) is 16.3. The molecule has 1 aliphatic rings. The summed E-state index contributed by atoms with van der Waals surface area (Å²) in [5.74, 6) is -0.287. The first kappa shape index (κ1) is 18.5. The number of aliphatic hydroxyl groups is 2. The zero-order chi connectivity index (χ0) is 20.2. The smallest absolute Gasteiger partial charge is 0.195 e. The lowest BCUT2D eigenvalue weighted by Gasteiger charge is -2.32. The van der Waals surface area contributed by atoms with Gasteiger partial charge in [0.1, 0.15) is 18.5 Å². The number of hydrogen-bond acceptors (Lipinski definition) is 5. The molecular formula is C21H21FN2O4. The fraction of sp³-hybridized carbons (Fsp3) is 0.286. The van der Waals surface area contributed by atoms with E-state index in [1.54, 1.807) is 24.3 Å². The van der Waals surface area contributed by atoms with Crippen LogP contribution in [0.5, 0.6) is 5.75 Å². The molecule has 1 heterocycles. The van der Waals surface area contributed by atoms with Gasteiger partial charge in [-0.05, 0) is 35.9 Å². The van der Waals surface area contributed by atoms with E-state index in [0.717, 1.165) is 5.56 Å². The molecule has 1 aromatic heterocycles. The topological polar surface area (TPSA) is 109 Å². The number of rotatable bonds is 4. The van der Waals surface area contributed by atoms with Crippen LogP contribution in [0.25, 0.3) is 10.9 Å². The normalized spacial score (nSPS) is 16.0. The molecule has 0 unspecified atom stereocenters. The average Bonchev–Trinajstić information content (AvgIpc) is 3.09. The van der Waals surface area contributed by atoms with Crippen LogP contribution in [0.1, 0.15) is 41.0 Å². The van der Waals surface area contributed by atoms with E-state index in [1.165, 1.54) is 6.07 Å². The molecule has 0 spiro atoms. The first-order valence-corrected chi connectivity index (χ1v) is 8.96. The van der Waals surface area contributed by atoms with E-state index in [0.29, 0.717) is 28.0 Å². The van der Waals surface area contributed by atoms with Gasteiger partial charge < -0.3 is 25.7 Å². The van der Waals surface area contributed by atoms with Crippen LogP contribution in [0.15, 0.2) is 30.3 Å². The SMILES string of the molecule is CC1(C)c2cc(OC[C@H](O)CO)ccc2C(=O)c2c1[nH]c1c(F)c(N)ccc21. The lowest BCUT2D eigenvalue weighted by molar-refractivity contribution is 0.0535. The second kappa shape index (κ2) is 6.32. The van der Waals surface area contributed by atoms with Gasteiger partial charge in [0.15, 0.2) is 11.6 Å². The van der Waals surface area contributed by atoms with Crippen LogP contribution < -0.4 is 10.5 Å². The van der Waals surface area contributed by atoms with E-state index < -0.39 is 23.9 Å². The van der Waals surface area contributed by atoms with Gasteiger partial charge in [0.05, 0.1) is 23.4 Å². The third-order valence-corrected chi connectivity index (χ3v) is 5.36. The predicted molar refractivity (Wildman–Crippen MR) is 103 cm³/mol. The summed E-state index contributed by atoms with van der Waals surface area (Å²) in [5.41, 5.74) is 7.64. The molecule has 5 N–H and O–H groups in total. The lowest BCUT2D eigenvalue weighted by Crippen LogP contribution is -2.30. The maximum Gasteiger partial charge on any atom is 0.195 e. The van der Waals surface area contributed by atoms with Crippen LogP contribution in [0.3, 0.4) is 0 Å². The number of anilines is 1. The molecule has 1 atom stereocenters. The number of nitrogen functional groups attached to an aromatic ring is 1. The number of carbonyl (C=O) groups excluding carboxylic acids is 1. The fourth-order valence-electron chi connectivity index (χ4n) is 3.79. The molecule has 0 amide bonds. The average molecular weight is 384 g/mol. The molecule has 6 nitrogen and oxygen atoms in total. The Balaban J connectivity index is 1.86. The molecular weight excluding hydrogens is 363 g/mol. The van der Waals surface area contributed by atoms with E-state index in [1.807, 2.05) is 13.8 Å². The third kappa shape index (κ3) is 2.58. The highest BCUT2D eigenvalue weighted by Crippen LogP contribution is 2.45. The monoisotopic (exact) mass is 384 g/mol. The van der Waals surface area contributed by atoms with Gasteiger partial charge in [-0.2, -0.15) is 0 Å². The van der Waals surface area contributed by atoms with Crippen LogP contribution in [-0.4, -0.2) is 40.3 Å². The number of aliphatic hydroxyl groups excluding tert-OH is 2. The number of benzene rings is 2. The zero-order valence-corrected chi connectivity index (χ0v) is 15.5. The molecule has 4 rings (SSSR count). The van der Waals surface area contributed by atoms with E-state index in [-0.39, 0.29) is 23.6 Å². The maximum atomic E-state index is 14.5. The lowest BCUT2D eigenvalue weighted by atomic mass is 9.71. The minimum atomic E-state index is -0.987. The van der Waals surface area contributed by atoms with Crippen molar-refractivity contribution in [3.8, 4) is 5.75 Å². The number of H-pyrrole nitrogens is 1. The molecule has 2 aromatic carbocycles. The molecule has 0 saturated carbocycles. The summed E-state index contributed by atoms with van der Waals surface area (Å²) in [7, 11) is 0. The van der Waals surface area contributed by atoms with Crippen molar-refractivity contribution in [3.05, 3.63) is 58.5 Å². The number of aromatic nitrogens is 1. The Kier molecular flexibility index (Phi) is 4.17. The van der Waals surface area contributed by atoms with Crippen LogP contribution in [-0.2, 0) is 5.41 Å². The highest BCUT2D eigenvalue weighted by molar-refractivity contribution is 6.20. The maximum absolute atomic E-state index is 14.5. The molecule has 1 aliphatic carbocycles. The molecule has 0 bridgehead atoms. The quantitative estimate of drug-likeness (QED) is 0.517. The minimum Gasteiger partial charge on any atom is -0.491 e. The van der Waals surface area contributed by atoms with Gasteiger partial charge in [0.25, 0.3) is 0 Å². The van der Waals surface area contributed by atoms with Crippen molar-refractivity contribution in [1.29, 1.82) is 0 Å². The predicted octanol–water partition coefficient (Wildman–Crippen LogP) is 2.49. The zero-order valence-electron chi connectivity index (χ0n) is 15.5. The van der Waals surface area contributed by atoms with Gasteiger partial charge in [-0.15, -0.1) is 0 Å². The number of halogens is 1.